The van der Waals surface area contributed by atoms with Crippen LogP contribution in [0.25, 0.3) is 0 Å². The van der Waals surface area contributed by atoms with Crippen LogP contribution in [0.15, 0.2) is 30.5 Å². The molecule has 1 unspecified atom stereocenters. The van der Waals surface area contributed by atoms with Crippen molar-refractivity contribution in [1.82, 2.24) is 4.98 Å². The van der Waals surface area contributed by atoms with Crippen LogP contribution < -0.4 is 0 Å². The fraction of sp³-hybridized carbons (Fsp3) is 0.267. The van der Waals surface area contributed by atoms with E-state index in [-0.39, 0.29) is 11.1 Å². The molecule has 1 aromatic carbocycles. The van der Waals surface area contributed by atoms with Gasteiger partial charge in [0.25, 0.3) is 0 Å². The summed E-state index contributed by atoms with van der Waals surface area (Å²) in [5, 5.41) is 10.2. The summed E-state index contributed by atoms with van der Waals surface area (Å²) < 4.78 is 27.4. The molecule has 0 spiro atoms. The first kappa shape index (κ1) is 13.6. The predicted octanol–water partition coefficient (Wildman–Crippen LogP) is 3.31. The molecule has 0 saturated heterocycles. The van der Waals surface area contributed by atoms with E-state index in [4.69, 9.17) is 0 Å². The van der Waals surface area contributed by atoms with Crippen LogP contribution in [0.3, 0.4) is 0 Å². The van der Waals surface area contributed by atoms with Gasteiger partial charge >= 0.3 is 0 Å². The first-order chi connectivity index (χ1) is 9.06. The van der Waals surface area contributed by atoms with E-state index in [1.807, 2.05) is 13.0 Å². The molecule has 0 amide bonds. The van der Waals surface area contributed by atoms with Gasteiger partial charge in [-0.25, -0.2) is 8.78 Å². The summed E-state index contributed by atoms with van der Waals surface area (Å²) >= 11 is 0. The minimum absolute atomic E-state index is 0.0866. The molecular formula is C15H15F2NO. The van der Waals surface area contributed by atoms with Crippen LogP contribution in [-0.2, 0) is 6.42 Å². The molecule has 1 N–H and O–H groups in total. The van der Waals surface area contributed by atoms with E-state index >= 15 is 0 Å². The zero-order valence-electron chi connectivity index (χ0n) is 10.8. The lowest BCUT2D eigenvalue weighted by Crippen LogP contribution is -2.09. The van der Waals surface area contributed by atoms with Crippen molar-refractivity contribution in [3.8, 4) is 0 Å². The number of rotatable bonds is 3. The Morgan fingerprint density at radius 3 is 2.63 bits per heavy atom. The summed E-state index contributed by atoms with van der Waals surface area (Å²) in [6, 6.07) is 6.41. The van der Waals surface area contributed by atoms with E-state index in [0.717, 1.165) is 5.56 Å². The van der Waals surface area contributed by atoms with Crippen molar-refractivity contribution in [3.63, 3.8) is 0 Å². The van der Waals surface area contributed by atoms with Crippen molar-refractivity contribution in [2.45, 2.75) is 26.4 Å². The van der Waals surface area contributed by atoms with Crippen LogP contribution in [0.2, 0.25) is 0 Å². The van der Waals surface area contributed by atoms with Crippen LogP contribution in [0.1, 0.15) is 35.4 Å². The van der Waals surface area contributed by atoms with E-state index in [9.17, 15) is 13.9 Å². The molecule has 0 fully saturated rings. The number of hydrogen-bond acceptors (Lipinski definition) is 2. The molecule has 0 aliphatic heterocycles. The van der Waals surface area contributed by atoms with Crippen LogP contribution in [0, 0.1) is 18.6 Å². The second kappa shape index (κ2) is 5.45. The van der Waals surface area contributed by atoms with Crippen molar-refractivity contribution in [2.75, 3.05) is 0 Å². The normalized spacial score (nSPS) is 12.5. The monoisotopic (exact) mass is 263 g/mol. The van der Waals surface area contributed by atoms with Gasteiger partial charge in [-0.1, -0.05) is 25.1 Å². The summed E-state index contributed by atoms with van der Waals surface area (Å²) in [5.74, 6) is -1.94. The minimum Gasteiger partial charge on any atom is -0.382 e. The molecule has 1 atom stereocenters. The molecule has 0 saturated carbocycles. The molecule has 19 heavy (non-hydrogen) atoms. The summed E-state index contributed by atoms with van der Waals surface area (Å²) in [5.41, 5.74) is 1.31. The molecule has 0 aliphatic carbocycles. The molecule has 100 valence electrons. The quantitative estimate of drug-likeness (QED) is 0.921. The smallest absolute Gasteiger partial charge is 0.165 e. The third-order valence-electron chi connectivity index (χ3n) is 3.17. The Kier molecular flexibility index (Phi) is 3.90. The molecule has 2 nitrogen and oxygen atoms in total. The van der Waals surface area contributed by atoms with Crippen molar-refractivity contribution in [3.05, 3.63) is 64.5 Å². The number of aliphatic hydroxyl groups is 1. The van der Waals surface area contributed by atoms with Gasteiger partial charge in [-0.3, -0.25) is 4.98 Å². The van der Waals surface area contributed by atoms with Gasteiger partial charge in [0.05, 0.1) is 5.69 Å². The highest BCUT2D eigenvalue weighted by molar-refractivity contribution is 5.34. The summed E-state index contributed by atoms with van der Waals surface area (Å²) in [4.78, 5) is 4.08. The highest BCUT2D eigenvalue weighted by atomic mass is 19.2. The maximum atomic E-state index is 13.9. The molecular weight excluding hydrogens is 248 g/mol. The zero-order chi connectivity index (χ0) is 14.0. The number of hydrogen-bond donors (Lipinski definition) is 1. The first-order valence-corrected chi connectivity index (χ1v) is 6.12. The Labute approximate surface area is 110 Å². The number of aryl methyl sites for hydroxylation is 2. The molecule has 1 aromatic heterocycles. The van der Waals surface area contributed by atoms with Gasteiger partial charge in [0.15, 0.2) is 11.6 Å². The fourth-order valence-corrected chi connectivity index (χ4v) is 2.02. The van der Waals surface area contributed by atoms with Crippen LogP contribution in [0.4, 0.5) is 8.78 Å². The van der Waals surface area contributed by atoms with Crippen LogP contribution in [0.5, 0.6) is 0 Å². The first-order valence-electron chi connectivity index (χ1n) is 6.12. The Bertz CT molecular complexity index is 599. The van der Waals surface area contributed by atoms with E-state index in [0.29, 0.717) is 12.1 Å². The average molecular weight is 263 g/mol. The minimum atomic E-state index is -1.26. The van der Waals surface area contributed by atoms with Gasteiger partial charge in [-0.2, -0.15) is 0 Å². The standard InChI is InChI=1S/C15H15F2NO/c1-3-10-5-4-8-18-14(10)15(19)11-7-6-9(2)12(16)13(11)17/h4-8,15,19H,3H2,1-2H3. The van der Waals surface area contributed by atoms with E-state index < -0.39 is 17.7 Å². The van der Waals surface area contributed by atoms with Gasteiger partial charge in [0, 0.05) is 11.8 Å². The summed E-state index contributed by atoms with van der Waals surface area (Å²) in [7, 11) is 0. The van der Waals surface area contributed by atoms with Crippen LogP contribution in [-0.4, -0.2) is 10.1 Å². The largest absolute Gasteiger partial charge is 0.382 e. The molecule has 4 heteroatoms. The lowest BCUT2D eigenvalue weighted by Gasteiger charge is -2.15. The number of aromatic nitrogens is 1. The maximum Gasteiger partial charge on any atom is 0.165 e. The number of nitrogens with zero attached hydrogens (tertiary/aromatic N) is 1. The van der Waals surface area contributed by atoms with Crippen LogP contribution >= 0.6 is 0 Å². The topological polar surface area (TPSA) is 33.1 Å². The molecule has 0 aliphatic rings. The second-order valence-electron chi connectivity index (χ2n) is 4.40. The Hall–Kier alpha value is -1.81. The van der Waals surface area contributed by atoms with E-state index in [2.05, 4.69) is 4.98 Å². The van der Waals surface area contributed by atoms with Gasteiger partial charge in [-0.05, 0) is 30.5 Å². The number of halogens is 2. The van der Waals surface area contributed by atoms with Crippen molar-refractivity contribution in [1.29, 1.82) is 0 Å². The lowest BCUT2D eigenvalue weighted by atomic mass is 9.99. The second-order valence-corrected chi connectivity index (χ2v) is 4.40. The maximum absolute atomic E-state index is 13.9. The highest BCUT2D eigenvalue weighted by Gasteiger charge is 2.21. The predicted molar refractivity (Wildman–Crippen MR) is 68.8 cm³/mol. The lowest BCUT2D eigenvalue weighted by molar-refractivity contribution is 0.207. The molecule has 0 bridgehead atoms. The SMILES string of the molecule is CCc1cccnc1C(O)c1ccc(C)c(F)c1F. The molecule has 1 heterocycles. The third-order valence-corrected chi connectivity index (χ3v) is 3.17. The average Bonchev–Trinajstić information content (AvgIpc) is 2.44. The molecule has 0 radical (unpaired) electrons. The number of pyridine rings is 1. The Balaban J connectivity index is 2.50. The van der Waals surface area contributed by atoms with Gasteiger partial charge in [0.1, 0.15) is 6.10 Å². The van der Waals surface area contributed by atoms with Gasteiger partial charge in [-0.15, -0.1) is 0 Å². The van der Waals surface area contributed by atoms with Crippen molar-refractivity contribution in [2.24, 2.45) is 0 Å². The Morgan fingerprint density at radius 2 is 1.95 bits per heavy atom. The highest BCUT2D eigenvalue weighted by Crippen LogP contribution is 2.27. The van der Waals surface area contributed by atoms with Crippen molar-refractivity contribution < 1.29 is 13.9 Å². The fourth-order valence-electron chi connectivity index (χ4n) is 2.02. The summed E-state index contributed by atoms with van der Waals surface area (Å²) in [6.07, 6.45) is 0.933. The zero-order valence-corrected chi connectivity index (χ0v) is 10.8. The Morgan fingerprint density at radius 1 is 1.21 bits per heavy atom. The van der Waals surface area contributed by atoms with E-state index in [1.165, 1.54) is 25.3 Å². The van der Waals surface area contributed by atoms with Gasteiger partial charge < -0.3 is 5.11 Å². The third kappa shape index (κ3) is 2.49. The summed E-state index contributed by atoms with van der Waals surface area (Å²) in [6.45, 7) is 3.39. The molecule has 2 aromatic rings. The van der Waals surface area contributed by atoms with Crippen molar-refractivity contribution >= 4 is 0 Å². The number of benzene rings is 1. The molecule has 2 rings (SSSR count). The number of aliphatic hydroxyl groups excluding tert-OH is 1. The van der Waals surface area contributed by atoms with E-state index in [1.54, 1.807) is 6.07 Å². The van der Waals surface area contributed by atoms with Gasteiger partial charge in [0.2, 0.25) is 0 Å².